The first-order valence-electron chi connectivity index (χ1n) is 10.2. The van der Waals surface area contributed by atoms with Crippen molar-refractivity contribution in [2.24, 2.45) is 0 Å². The zero-order valence-corrected chi connectivity index (χ0v) is 16.4. The lowest BCUT2D eigenvalue weighted by atomic mass is 9.99. The molecule has 1 N–H and O–H groups in total. The van der Waals surface area contributed by atoms with Gasteiger partial charge in [-0.05, 0) is 36.8 Å². The van der Waals surface area contributed by atoms with Crippen LogP contribution in [0, 0.1) is 5.82 Å². The SMILES string of the molecule is O=C(c1cncc2ccccc12)N1CCCCC1c1ncc(-c2cccc(F)c2)[nH]1. The summed E-state index contributed by atoms with van der Waals surface area (Å²) >= 11 is 0. The minimum atomic E-state index is -0.290. The van der Waals surface area contributed by atoms with Gasteiger partial charge in [0.05, 0.1) is 23.5 Å². The summed E-state index contributed by atoms with van der Waals surface area (Å²) in [4.78, 5) is 27.5. The van der Waals surface area contributed by atoms with Gasteiger partial charge in [-0.25, -0.2) is 9.37 Å². The van der Waals surface area contributed by atoms with Crippen LogP contribution < -0.4 is 0 Å². The van der Waals surface area contributed by atoms with Gasteiger partial charge in [0.2, 0.25) is 0 Å². The molecule has 1 atom stereocenters. The topological polar surface area (TPSA) is 61.9 Å². The summed E-state index contributed by atoms with van der Waals surface area (Å²) in [5.74, 6) is 0.407. The molecule has 2 aromatic carbocycles. The van der Waals surface area contributed by atoms with Crippen molar-refractivity contribution in [2.75, 3.05) is 6.54 Å². The van der Waals surface area contributed by atoms with Crippen LogP contribution in [0.1, 0.15) is 41.5 Å². The number of carbonyl (C=O) groups is 1. The lowest BCUT2D eigenvalue weighted by molar-refractivity contribution is 0.0602. The number of amides is 1. The zero-order valence-electron chi connectivity index (χ0n) is 16.4. The molecule has 3 heterocycles. The molecule has 0 spiro atoms. The van der Waals surface area contributed by atoms with E-state index in [4.69, 9.17) is 0 Å². The summed E-state index contributed by atoms with van der Waals surface area (Å²) in [6.45, 7) is 0.669. The molecule has 1 amide bonds. The third-order valence-electron chi connectivity index (χ3n) is 5.71. The molecular weight excluding hydrogens is 379 g/mol. The standard InChI is InChI=1S/C24H21FN4O/c25-18-8-5-7-16(12-18)21-15-27-23(28-21)22-10-3-4-11-29(22)24(30)20-14-26-13-17-6-1-2-9-19(17)20/h1-2,5-9,12-15,22H,3-4,10-11H2,(H,27,28). The summed E-state index contributed by atoms with van der Waals surface area (Å²) in [7, 11) is 0. The minimum Gasteiger partial charge on any atom is -0.340 e. The van der Waals surface area contributed by atoms with E-state index in [9.17, 15) is 9.18 Å². The van der Waals surface area contributed by atoms with E-state index in [1.165, 1.54) is 12.1 Å². The monoisotopic (exact) mass is 400 g/mol. The lowest BCUT2D eigenvalue weighted by Gasteiger charge is -2.34. The minimum absolute atomic E-state index is 0.0345. The van der Waals surface area contributed by atoms with Gasteiger partial charge in [0.15, 0.2) is 0 Å². The number of fused-ring (bicyclic) bond motifs is 1. The second kappa shape index (κ2) is 7.71. The maximum absolute atomic E-state index is 13.6. The predicted molar refractivity (Wildman–Crippen MR) is 113 cm³/mol. The number of pyridine rings is 1. The zero-order chi connectivity index (χ0) is 20.5. The fraction of sp³-hybridized carbons (Fsp3) is 0.208. The number of rotatable bonds is 3. The van der Waals surface area contributed by atoms with Crippen LogP contribution in [-0.2, 0) is 0 Å². The summed E-state index contributed by atoms with van der Waals surface area (Å²) in [6.07, 6.45) is 7.95. The fourth-order valence-corrected chi connectivity index (χ4v) is 4.21. The van der Waals surface area contributed by atoms with Crippen LogP contribution in [0.15, 0.2) is 67.1 Å². The molecule has 1 unspecified atom stereocenters. The Labute approximate surface area is 173 Å². The van der Waals surface area contributed by atoms with E-state index in [-0.39, 0.29) is 17.8 Å². The first-order chi connectivity index (χ1) is 14.7. The number of hydrogen-bond acceptors (Lipinski definition) is 3. The Bertz CT molecular complexity index is 1210. The Morgan fingerprint density at radius 3 is 2.87 bits per heavy atom. The first-order valence-corrected chi connectivity index (χ1v) is 10.2. The molecule has 150 valence electrons. The molecule has 4 aromatic rings. The number of nitrogens with zero attached hydrogens (tertiary/aromatic N) is 3. The maximum atomic E-state index is 13.6. The number of aromatic nitrogens is 3. The molecule has 1 aliphatic rings. The van der Waals surface area contributed by atoms with Gasteiger partial charge in [0.1, 0.15) is 11.6 Å². The molecule has 0 radical (unpaired) electrons. The van der Waals surface area contributed by atoms with E-state index < -0.39 is 0 Å². The number of aromatic amines is 1. The van der Waals surface area contributed by atoms with Gasteiger partial charge >= 0.3 is 0 Å². The number of halogens is 1. The van der Waals surface area contributed by atoms with Gasteiger partial charge in [-0.2, -0.15) is 0 Å². The second-order valence-electron chi connectivity index (χ2n) is 7.61. The number of benzene rings is 2. The molecule has 1 fully saturated rings. The molecule has 0 bridgehead atoms. The summed E-state index contributed by atoms with van der Waals surface area (Å²) < 4.78 is 13.6. The molecule has 0 saturated carbocycles. The van der Waals surface area contributed by atoms with Gasteiger partial charge in [-0.3, -0.25) is 9.78 Å². The largest absolute Gasteiger partial charge is 0.340 e. The molecule has 6 heteroatoms. The summed E-state index contributed by atoms with van der Waals surface area (Å²) in [5, 5.41) is 1.85. The number of likely N-dealkylation sites (tertiary alicyclic amines) is 1. The van der Waals surface area contributed by atoms with Crippen LogP contribution in [0.5, 0.6) is 0 Å². The lowest BCUT2D eigenvalue weighted by Crippen LogP contribution is -2.39. The van der Waals surface area contributed by atoms with Gasteiger partial charge in [-0.1, -0.05) is 36.4 Å². The number of H-pyrrole nitrogens is 1. The third-order valence-corrected chi connectivity index (χ3v) is 5.71. The van der Waals surface area contributed by atoms with E-state index in [1.54, 1.807) is 24.7 Å². The van der Waals surface area contributed by atoms with Gasteiger partial charge < -0.3 is 9.88 Å². The highest BCUT2D eigenvalue weighted by Crippen LogP contribution is 2.33. The van der Waals surface area contributed by atoms with Crippen LogP contribution in [0.2, 0.25) is 0 Å². The molecule has 30 heavy (non-hydrogen) atoms. The highest BCUT2D eigenvalue weighted by atomic mass is 19.1. The smallest absolute Gasteiger partial charge is 0.256 e. The maximum Gasteiger partial charge on any atom is 0.256 e. The van der Waals surface area contributed by atoms with Gasteiger partial charge in [0, 0.05) is 29.9 Å². The molecule has 1 aliphatic heterocycles. The van der Waals surface area contributed by atoms with Crippen molar-refractivity contribution in [3.05, 3.63) is 84.3 Å². The molecular formula is C24H21FN4O. The average molecular weight is 400 g/mol. The summed E-state index contributed by atoms with van der Waals surface area (Å²) in [5.41, 5.74) is 2.09. The molecule has 5 rings (SSSR count). The number of nitrogens with one attached hydrogen (secondary N) is 1. The predicted octanol–water partition coefficient (Wildman–Crippen LogP) is 5.13. The van der Waals surface area contributed by atoms with Gasteiger partial charge in [-0.15, -0.1) is 0 Å². The van der Waals surface area contributed by atoms with Crippen LogP contribution in [0.4, 0.5) is 4.39 Å². The fourth-order valence-electron chi connectivity index (χ4n) is 4.21. The molecule has 5 nitrogen and oxygen atoms in total. The van der Waals surface area contributed by atoms with Crippen LogP contribution in [0.25, 0.3) is 22.0 Å². The van der Waals surface area contributed by atoms with Crippen molar-refractivity contribution in [1.82, 2.24) is 19.9 Å². The van der Waals surface area contributed by atoms with Crippen LogP contribution in [0.3, 0.4) is 0 Å². The summed E-state index contributed by atoms with van der Waals surface area (Å²) in [6, 6.07) is 14.1. The Kier molecular flexibility index (Phi) is 4.75. The van der Waals surface area contributed by atoms with Crippen molar-refractivity contribution in [2.45, 2.75) is 25.3 Å². The third kappa shape index (κ3) is 3.34. The number of carbonyl (C=O) groups excluding carboxylic acids is 1. The van der Waals surface area contributed by atoms with E-state index in [0.717, 1.165) is 47.1 Å². The van der Waals surface area contributed by atoms with Crippen molar-refractivity contribution >= 4 is 16.7 Å². The van der Waals surface area contributed by atoms with E-state index in [1.807, 2.05) is 35.2 Å². The Balaban J connectivity index is 1.49. The Morgan fingerprint density at radius 1 is 1.07 bits per heavy atom. The number of imidazole rings is 1. The molecule has 1 saturated heterocycles. The molecule has 2 aromatic heterocycles. The first kappa shape index (κ1) is 18.5. The van der Waals surface area contributed by atoms with Gasteiger partial charge in [0.25, 0.3) is 5.91 Å². The van der Waals surface area contributed by atoms with Crippen molar-refractivity contribution in [3.63, 3.8) is 0 Å². The average Bonchev–Trinajstić information content (AvgIpc) is 3.28. The highest BCUT2D eigenvalue weighted by molar-refractivity contribution is 6.06. The van der Waals surface area contributed by atoms with Crippen LogP contribution in [-0.4, -0.2) is 32.3 Å². The van der Waals surface area contributed by atoms with Crippen LogP contribution >= 0.6 is 0 Å². The second-order valence-corrected chi connectivity index (χ2v) is 7.61. The highest BCUT2D eigenvalue weighted by Gasteiger charge is 2.31. The Morgan fingerprint density at radius 2 is 1.97 bits per heavy atom. The van der Waals surface area contributed by atoms with Crippen molar-refractivity contribution in [3.8, 4) is 11.3 Å². The normalized spacial score (nSPS) is 16.7. The van der Waals surface area contributed by atoms with E-state index in [2.05, 4.69) is 15.0 Å². The number of hydrogen-bond donors (Lipinski definition) is 1. The molecule has 0 aliphatic carbocycles. The quantitative estimate of drug-likeness (QED) is 0.518. The van der Waals surface area contributed by atoms with Crippen molar-refractivity contribution < 1.29 is 9.18 Å². The van der Waals surface area contributed by atoms with E-state index in [0.29, 0.717) is 12.1 Å². The van der Waals surface area contributed by atoms with Crippen molar-refractivity contribution in [1.29, 1.82) is 0 Å². The number of piperidine rings is 1. The van der Waals surface area contributed by atoms with E-state index >= 15 is 0 Å². The Hall–Kier alpha value is -3.54.